The molecular formula is C28H39N3O4S. The van der Waals surface area contributed by atoms with Gasteiger partial charge in [0.15, 0.2) is 0 Å². The minimum absolute atomic E-state index is 0.0971. The van der Waals surface area contributed by atoms with Crippen molar-refractivity contribution in [3.8, 4) is 0 Å². The summed E-state index contributed by atoms with van der Waals surface area (Å²) in [4.78, 5) is 25.6. The zero-order chi connectivity index (χ0) is 26.1. The predicted molar refractivity (Wildman–Crippen MR) is 140 cm³/mol. The lowest BCUT2D eigenvalue weighted by molar-refractivity contribution is -0.140. The molecule has 8 heteroatoms. The number of carbonyl (C=O) groups excluding carboxylic acids is 2. The van der Waals surface area contributed by atoms with E-state index in [-0.39, 0.29) is 28.2 Å². The topological polar surface area (TPSA) is 95.6 Å². The molecule has 5 aliphatic rings. The van der Waals surface area contributed by atoms with Crippen molar-refractivity contribution in [1.29, 1.82) is 0 Å². The molecule has 7 nitrogen and oxygen atoms in total. The summed E-state index contributed by atoms with van der Waals surface area (Å²) in [6.07, 6.45) is 8.48. The normalized spacial score (nSPS) is 34.3. The molecule has 4 saturated carbocycles. The van der Waals surface area contributed by atoms with Crippen molar-refractivity contribution in [2.75, 3.05) is 5.32 Å². The van der Waals surface area contributed by atoms with Gasteiger partial charge in [-0.15, -0.1) is 0 Å². The summed E-state index contributed by atoms with van der Waals surface area (Å²) < 4.78 is 29.2. The molecule has 1 aromatic carbocycles. The van der Waals surface area contributed by atoms with Gasteiger partial charge in [0.1, 0.15) is 0 Å². The van der Waals surface area contributed by atoms with Crippen LogP contribution >= 0.6 is 0 Å². The average molecular weight is 514 g/mol. The van der Waals surface area contributed by atoms with Gasteiger partial charge in [-0.25, -0.2) is 8.42 Å². The summed E-state index contributed by atoms with van der Waals surface area (Å²) in [5, 5.41) is 6.01. The Morgan fingerprint density at radius 2 is 1.47 bits per heavy atom. The highest BCUT2D eigenvalue weighted by Gasteiger charge is 2.57. The van der Waals surface area contributed by atoms with Gasteiger partial charge in [-0.05, 0) is 121 Å². The number of anilines is 1. The molecule has 1 heterocycles. The van der Waals surface area contributed by atoms with Crippen molar-refractivity contribution < 1.29 is 18.0 Å². The molecule has 0 aromatic heterocycles. The van der Waals surface area contributed by atoms with Gasteiger partial charge in [-0.2, -0.15) is 4.31 Å². The summed E-state index contributed by atoms with van der Waals surface area (Å²) in [5.74, 6) is 1.83. The molecule has 0 spiro atoms. The second kappa shape index (κ2) is 8.42. The first-order valence-electron chi connectivity index (χ1n) is 13.2. The van der Waals surface area contributed by atoms with Crippen LogP contribution in [0.4, 0.5) is 5.69 Å². The Balaban J connectivity index is 1.34. The maximum Gasteiger partial charge on any atom is 0.244 e. The van der Waals surface area contributed by atoms with Crippen molar-refractivity contribution >= 4 is 27.5 Å². The average Bonchev–Trinajstić information content (AvgIpc) is 2.96. The van der Waals surface area contributed by atoms with Crippen molar-refractivity contribution in [3.05, 3.63) is 36.9 Å². The van der Waals surface area contributed by atoms with Crippen LogP contribution in [0.15, 0.2) is 41.8 Å². The quantitative estimate of drug-likeness (QED) is 0.549. The van der Waals surface area contributed by atoms with E-state index in [1.54, 1.807) is 24.3 Å². The number of benzene rings is 1. The van der Waals surface area contributed by atoms with Gasteiger partial charge in [0.25, 0.3) is 0 Å². The molecule has 1 unspecified atom stereocenters. The van der Waals surface area contributed by atoms with Crippen LogP contribution in [0, 0.1) is 23.2 Å². The van der Waals surface area contributed by atoms with Crippen molar-refractivity contribution in [1.82, 2.24) is 9.62 Å². The van der Waals surface area contributed by atoms with Gasteiger partial charge < -0.3 is 10.6 Å². The number of nitrogens with zero attached hydrogens (tertiary/aromatic N) is 1. The molecule has 36 heavy (non-hydrogen) atoms. The largest absolute Gasteiger partial charge is 0.348 e. The van der Waals surface area contributed by atoms with E-state index in [9.17, 15) is 18.0 Å². The van der Waals surface area contributed by atoms with E-state index in [0.717, 1.165) is 19.3 Å². The summed E-state index contributed by atoms with van der Waals surface area (Å²) in [6, 6.07) is 6.18. The highest BCUT2D eigenvalue weighted by atomic mass is 32.2. The zero-order valence-electron chi connectivity index (χ0n) is 21.8. The molecule has 196 valence electrons. The Morgan fingerprint density at radius 3 is 1.97 bits per heavy atom. The van der Waals surface area contributed by atoms with Crippen LogP contribution in [0.25, 0.3) is 0 Å². The Hall–Kier alpha value is -2.19. The maximum atomic E-state index is 13.8. The number of rotatable bonds is 6. The maximum absolute atomic E-state index is 13.8. The second-order valence-electron chi connectivity index (χ2n) is 12.9. The Morgan fingerprint density at radius 1 is 0.944 bits per heavy atom. The molecule has 2 amide bonds. The van der Waals surface area contributed by atoms with Gasteiger partial charge in [0.05, 0.1) is 15.8 Å². The lowest BCUT2D eigenvalue weighted by Gasteiger charge is -2.55. The fourth-order valence-electron chi connectivity index (χ4n) is 8.32. The van der Waals surface area contributed by atoms with Crippen LogP contribution in [0.1, 0.15) is 72.6 Å². The van der Waals surface area contributed by atoms with Crippen molar-refractivity contribution in [2.45, 2.75) is 94.7 Å². The van der Waals surface area contributed by atoms with Gasteiger partial charge >= 0.3 is 0 Å². The molecule has 4 aliphatic carbocycles. The molecule has 6 rings (SSSR count). The van der Waals surface area contributed by atoms with Gasteiger partial charge in [0, 0.05) is 17.3 Å². The highest BCUT2D eigenvalue weighted by molar-refractivity contribution is 7.89. The molecule has 0 radical (unpaired) electrons. The first-order chi connectivity index (χ1) is 16.8. The predicted octanol–water partition coefficient (Wildman–Crippen LogP) is 4.46. The molecular weight excluding hydrogens is 474 g/mol. The standard InChI is InChI=1S/C28H39N3O4S/c1-6-24(32)30-23-17-26(2,3)31(27(23,4)5)36(34,35)22-9-7-21(8-10-22)29-25(33)28-14-18-11-19(15-28)13-20(12-18)16-28/h6-10,18-20,23H,1,11-17H2,2-5H3,(H,29,33)(H,30,32). The van der Waals surface area contributed by atoms with E-state index in [0.29, 0.717) is 29.9 Å². The number of amides is 2. The van der Waals surface area contributed by atoms with Crippen LogP contribution in [0.2, 0.25) is 0 Å². The van der Waals surface area contributed by atoms with E-state index in [4.69, 9.17) is 0 Å². The molecule has 4 bridgehead atoms. The third-order valence-corrected chi connectivity index (χ3v) is 11.6. The fourth-order valence-corrected chi connectivity index (χ4v) is 10.5. The molecule has 5 fully saturated rings. The second-order valence-corrected chi connectivity index (χ2v) is 14.7. The number of carbonyl (C=O) groups is 2. The highest BCUT2D eigenvalue weighted by Crippen LogP contribution is 2.60. The fraction of sp³-hybridized carbons (Fsp3) is 0.643. The molecule has 1 aliphatic heterocycles. The van der Waals surface area contributed by atoms with Crippen LogP contribution in [0.5, 0.6) is 0 Å². The molecule has 1 saturated heterocycles. The Labute approximate surface area is 215 Å². The van der Waals surface area contributed by atoms with E-state index in [2.05, 4.69) is 17.2 Å². The zero-order valence-corrected chi connectivity index (χ0v) is 22.7. The number of nitrogens with one attached hydrogen (secondary N) is 2. The summed E-state index contributed by atoms with van der Waals surface area (Å²) >= 11 is 0. The lowest BCUT2D eigenvalue weighted by Crippen LogP contribution is -2.56. The van der Waals surface area contributed by atoms with E-state index >= 15 is 0 Å². The lowest BCUT2D eigenvalue weighted by atomic mass is 9.49. The summed E-state index contributed by atoms with van der Waals surface area (Å²) in [7, 11) is -3.87. The van der Waals surface area contributed by atoms with Crippen LogP contribution in [-0.2, 0) is 19.6 Å². The SMILES string of the molecule is C=CC(=O)NC1CC(C)(C)N(S(=O)(=O)c2ccc(NC(=O)C34CC5CC(CC(C5)C3)C4)cc2)C1(C)C. The molecule has 1 aromatic rings. The summed E-state index contributed by atoms with van der Waals surface area (Å²) in [6.45, 7) is 11.0. The first-order valence-corrected chi connectivity index (χ1v) is 14.6. The van der Waals surface area contributed by atoms with Crippen molar-refractivity contribution in [3.63, 3.8) is 0 Å². The van der Waals surface area contributed by atoms with Crippen LogP contribution in [-0.4, -0.2) is 41.7 Å². The van der Waals surface area contributed by atoms with Gasteiger partial charge in [-0.1, -0.05) is 6.58 Å². The number of hydrogen-bond donors (Lipinski definition) is 2. The smallest absolute Gasteiger partial charge is 0.244 e. The van der Waals surface area contributed by atoms with Gasteiger partial charge in [-0.3, -0.25) is 9.59 Å². The third kappa shape index (κ3) is 4.10. The van der Waals surface area contributed by atoms with Crippen LogP contribution < -0.4 is 10.6 Å². The number of sulfonamides is 1. The van der Waals surface area contributed by atoms with Gasteiger partial charge in [0.2, 0.25) is 21.8 Å². The molecule has 1 atom stereocenters. The molecule has 2 N–H and O–H groups in total. The van der Waals surface area contributed by atoms with E-state index < -0.39 is 21.1 Å². The van der Waals surface area contributed by atoms with E-state index in [1.807, 2.05) is 27.7 Å². The monoisotopic (exact) mass is 513 g/mol. The Kier molecular flexibility index (Phi) is 5.95. The summed E-state index contributed by atoms with van der Waals surface area (Å²) in [5.41, 5.74) is -1.17. The third-order valence-electron chi connectivity index (χ3n) is 9.30. The first kappa shape index (κ1) is 25.5. The minimum atomic E-state index is -3.87. The minimum Gasteiger partial charge on any atom is -0.348 e. The number of hydrogen-bond acceptors (Lipinski definition) is 4. The van der Waals surface area contributed by atoms with Crippen LogP contribution in [0.3, 0.4) is 0 Å². The van der Waals surface area contributed by atoms with Crippen molar-refractivity contribution in [2.24, 2.45) is 23.2 Å². The van der Waals surface area contributed by atoms with E-state index in [1.165, 1.54) is 29.6 Å². The Bertz CT molecular complexity index is 1150.